The first-order chi connectivity index (χ1) is 8.99. The van der Waals surface area contributed by atoms with Crippen molar-refractivity contribution in [3.05, 3.63) is 51.1 Å². The van der Waals surface area contributed by atoms with Crippen LogP contribution in [-0.2, 0) is 6.54 Å². The van der Waals surface area contributed by atoms with Crippen molar-refractivity contribution in [3.8, 4) is 0 Å². The molecule has 5 heteroatoms. The molecule has 102 valence electrons. The van der Waals surface area contributed by atoms with Gasteiger partial charge < -0.3 is 9.84 Å². The van der Waals surface area contributed by atoms with Crippen LogP contribution in [0.1, 0.15) is 35.5 Å². The van der Waals surface area contributed by atoms with Crippen molar-refractivity contribution in [2.45, 2.75) is 33.4 Å². The summed E-state index contributed by atoms with van der Waals surface area (Å²) >= 11 is 3.25. The van der Waals surface area contributed by atoms with Crippen LogP contribution in [0.3, 0.4) is 0 Å². The van der Waals surface area contributed by atoms with Gasteiger partial charge in [0, 0.05) is 28.2 Å². The molecule has 19 heavy (non-hydrogen) atoms. The molecule has 1 aromatic carbocycles. The maximum atomic E-state index is 13.8. The number of rotatable bonds is 4. The summed E-state index contributed by atoms with van der Waals surface area (Å²) in [6.07, 6.45) is 0. The van der Waals surface area contributed by atoms with Crippen LogP contribution in [0.4, 0.5) is 4.39 Å². The molecule has 0 spiro atoms. The number of aromatic nitrogens is 1. The fourth-order valence-corrected chi connectivity index (χ4v) is 2.31. The Morgan fingerprint density at radius 1 is 1.42 bits per heavy atom. The first-order valence-corrected chi connectivity index (χ1v) is 6.88. The third kappa shape index (κ3) is 3.22. The predicted molar refractivity (Wildman–Crippen MR) is 75.3 cm³/mol. The van der Waals surface area contributed by atoms with E-state index in [0.717, 1.165) is 21.5 Å². The summed E-state index contributed by atoms with van der Waals surface area (Å²) in [5, 5.41) is 7.19. The van der Waals surface area contributed by atoms with E-state index in [1.54, 1.807) is 6.07 Å². The van der Waals surface area contributed by atoms with Gasteiger partial charge in [0.2, 0.25) is 0 Å². The number of benzene rings is 1. The van der Waals surface area contributed by atoms with Gasteiger partial charge in [0.05, 0.1) is 5.69 Å². The predicted octanol–water partition coefficient (Wildman–Crippen LogP) is 4.04. The van der Waals surface area contributed by atoms with Gasteiger partial charge in [-0.15, -0.1) is 0 Å². The summed E-state index contributed by atoms with van der Waals surface area (Å²) in [5.74, 6) is 0.585. The Kier molecular flexibility index (Phi) is 4.37. The Morgan fingerprint density at radius 3 is 2.74 bits per heavy atom. The lowest BCUT2D eigenvalue weighted by molar-refractivity contribution is 0.391. The standard InChI is InChI=1S/C14H16BrFN2O/c1-8(12-5-4-11(15)6-14(12)16)17-7-13-9(2)18-19-10(13)3/h4-6,8,17H,7H2,1-3H3. The summed E-state index contributed by atoms with van der Waals surface area (Å²) in [4.78, 5) is 0. The van der Waals surface area contributed by atoms with E-state index < -0.39 is 0 Å². The average molecular weight is 327 g/mol. The van der Waals surface area contributed by atoms with Crippen LogP contribution in [0.15, 0.2) is 27.2 Å². The molecule has 2 aromatic rings. The van der Waals surface area contributed by atoms with E-state index in [2.05, 4.69) is 26.4 Å². The molecule has 0 radical (unpaired) electrons. The minimum Gasteiger partial charge on any atom is -0.361 e. The Bertz CT molecular complexity index is 563. The van der Waals surface area contributed by atoms with Crippen LogP contribution in [0.5, 0.6) is 0 Å². The first kappa shape index (κ1) is 14.2. The molecular formula is C14H16BrFN2O. The van der Waals surface area contributed by atoms with Crippen LogP contribution < -0.4 is 5.32 Å². The summed E-state index contributed by atoms with van der Waals surface area (Å²) in [6, 6.07) is 5.02. The summed E-state index contributed by atoms with van der Waals surface area (Å²) in [7, 11) is 0. The van der Waals surface area contributed by atoms with Crippen LogP contribution in [0, 0.1) is 19.7 Å². The van der Waals surface area contributed by atoms with Crippen molar-refractivity contribution in [1.29, 1.82) is 0 Å². The second kappa shape index (κ2) is 5.84. The fraction of sp³-hybridized carbons (Fsp3) is 0.357. The van der Waals surface area contributed by atoms with Gasteiger partial charge in [0.25, 0.3) is 0 Å². The topological polar surface area (TPSA) is 38.1 Å². The Hall–Kier alpha value is -1.20. The van der Waals surface area contributed by atoms with Crippen molar-refractivity contribution < 1.29 is 8.91 Å². The second-order valence-electron chi connectivity index (χ2n) is 4.57. The van der Waals surface area contributed by atoms with Crippen molar-refractivity contribution >= 4 is 15.9 Å². The summed E-state index contributed by atoms with van der Waals surface area (Å²) < 4.78 is 19.7. The number of hydrogen-bond acceptors (Lipinski definition) is 3. The Labute approximate surface area is 120 Å². The molecule has 1 N–H and O–H groups in total. The lowest BCUT2D eigenvalue weighted by Crippen LogP contribution is -2.19. The lowest BCUT2D eigenvalue weighted by Gasteiger charge is -2.15. The van der Waals surface area contributed by atoms with Crippen LogP contribution >= 0.6 is 15.9 Å². The molecule has 0 aliphatic rings. The van der Waals surface area contributed by atoms with Crippen molar-refractivity contribution in [2.75, 3.05) is 0 Å². The van der Waals surface area contributed by atoms with Gasteiger partial charge in [-0.2, -0.15) is 0 Å². The zero-order chi connectivity index (χ0) is 14.0. The first-order valence-electron chi connectivity index (χ1n) is 6.09. The monoisotopic (exact) mass is 326 g/mol. The zero-order valence-corrected chi connectivity index (χ0v) is 12.7. The highest BCUT2D eigenvalue weighted by Crippen LogP contribution is 2.22. The molecule has 1 aromatic heterocycles. The van der Waals surface area contributed by atoms with Gasteiger partial charge in [0.15, 0.2) is 0 Å². The molecule has 0 saturated carbocycles. The minimum atomic E-state index is -0.215. The molecular weight excluding hydrogens is 311 g/mol. The number of nitrogens with zero attached hydrogens (tertiary/aromatic N) is 1. The highest BCUT2D eigenvalue weighted by molar-refractivity contribution is 9.10. The molecule has 0 aliphatic heterocycles. The van der Waals surface area contributed by atoms with Crippen LogP contribution in [0.2, 0.25) is 0 Å². The molecule has 1 unspecified atom stereocenters. The Morgan fingerprint density at radius 2 is 2.16 bits per heavy atom. The van der Waals surface area contributed by atoms with E-state index >= 15 is 0 Å². The lowest BCUT2D eigenvalue weighted by atomic mass is 10.1. The highest BCUT2D eigenvalue weighted by Gasteiger charge is 2.13. The van der Waals surface area contributed by atoms with E-state index in [1.807, 2.05) is 26.8 Å². The normalized spacial score (nSPS) is 12.7. The third-order valence-corrected chi connectivity index (χ3v) is 3.69. The van der Waals surface area contributed by atoms with Crippen molar-refractivity contribution in [1.82, 2.24) is 10.5 Å². The maximum absolute atomic E-state index is 13.8. The smallest absolute Gasteiger partial charge is 0.138 e. The number of aryl methyl sites for hydroxylation is 2. The van der Waals surface area contributed by atoms with Crippen LogP contribution in [0.25, 0.3) is 0 Å². The number of nitrogens with one attached hydrogen (secondary N) is 1. The van der Waals surface area contributed by atoms with E-state index in [1.165, 1.54) is 6.07 Å². The molecule has 3 nitrogen and oxygen atoms in total. The number of hydrogen-bond donors (Lipinski definition) is 1. The highest BCUT2D eigenvalue weighted by atomic mass is 79.9. The molecule has 0 saturated heterocycles. The zero-order valence-electron chi connectivity index (χ0n) is 11.1. The summed E-state index contributed by atoms with van der Waals surface area (Å²) in [5.41, 5.74) is 2.55. The van der Waals surface area contributed by atoms with E-state index in [-0.39, 0.29) is 11.9 Å². The maximum Gasteiger partial charge on any atom is 0.138 e. The van der Waals surface area contributed by atoms with Gasteiger partial charge in [0.1, 0.15) is 11.6 Å². The average Bonchev–Trinajstić information content (AvgIpc) is 2.66. The van der Waals surface area contributed by atoms with Crippen molar-refractivity contribution in [3.63, 3.8) is 0 Å². The van der Waals surface area contributed by atoms with Gasteiger partial charge in [-0.25, -0.2) is 4.39 Å². The van der Waals surface area contributed by atoms with E-state index in [4.69, 9.17) is 4.52 Å². The van der Waals surface area contributed by atoms with Gasteiger partial charge in [-0.1, -0.05) is 27.2 Å². The molecule has 0 aliphatic carbocycles. The van der Waals surface area contributed by atoms with Gasteiger partial charge >= 0.3 is 0 Å². The molecule has 0 bridgehead atoms. The fourth-order valence-electron chi connectivity index (χ4n) is 1.97. The quantitative estimate of drug-likeness (QED) is 0.921. The number of halogens is 2. The molecule has 2 rings (SSSR count). The SMILES string of the molecule is Cc1noc(C)c1CNC(C)c1ccc(Br)cc1F. The molecule has 1 atom stereocenters. The summed E-state index contributed by atoms with van der Waals surface area (Å²) in [6.45, 7) is 6.32. The van der Waals surface area contributed by atoms with Gasteiger partial charge in [-0.3, -0.25) is 0 Å². The minimum absolute atomic E-state index is 0.0817. The molecule has 0 amide bonds. The van der Waals surface area contributed by atoms with E-state index in [9.17, 15) is 4.39 Å². The second-order valence-corrected chi connectivity index (χ2v) is 5.49. The van der Waals surface area contributed by atoms with Crippen molar-refractivity contribution in [2.24, 2.45) is 0 Å². The van der Waals surface area contributed by atoms with Crippen LogP contribution in [-0.4, -0.2) is 5.16 Å². The Balaban J connectivity index is 2.07. The molecule has 0 fully saturated rings. The third-order valence-electron chi connectivity index (χ3n) is 3.20. The molecule has 1 heterocycles. The largest absolute Gasteiger partial charge is 0.361 e. The van der Waals surface area contributed by atoms with E-state index in [0.29, 0.717) is 12.1 Å². The van der Waals surface area contributed by atoms with Gasteiger partial charge in [-0.05, 0) is 32.9 Å².